The summed E-state index contributed by atoms with van der Waals surface area (Å²) in [5, 5.41) is 9.18. The van der Waals surface area contributed by atoms with Gasteiger partial charge in [-0.1, -0.05) is 0 Å². The fourth-order valence-corrected chi connectivity index (χ4v) is 1.66. The SMILES string of the molecule is CN=C(NCCNC(=O)c1ccco1)NCC(C)(C)SC. The zero-order chi connectivity index (χ0) is 15.7. The van der Waals surface area contributed by atoms with Crippen LogP contribution in [0.5, 0.6) is 0 Å². The average molecular weight is 312 g/mol. The van der Waals surface area contributed by atoms with Crippen LogP contribution in [0.15, 0.2) is 27.8 Å². The Labute approximate surface area is 130 Å². The van der Waals surface area contributed by atoms with Gasteiger partial charge >= 0.3 is 0 Å². The highest BCUT2D eigenvalue weighted by Crippen LogP contribution is 2.19. The second kappa shape index (κ2) is 8.61. The van der Waals surface area contributed by atoms with Gasteiger partial charge in [-0.2, -0.15) is 11.8 Å². The molecule has 0 radical (unpaired) electrons. The molecule has 7 heteroatoms. The number of carbonyl (C=O) groups is 1. The Hall–Kier alpha value is -1.63. The summed E-state index contributed by atoms with van der Waals surface area (Å²) in [4.78, 5) is 15.8. The number of rotatable bonds is 7. The molecule has 0 bridgehead atoms. The zero-order valence-corrected chi connectivity index (χ0v) is 13.8. The largest absolute Gasteiger partial charge is 0.459 e. The molecule has 0 aromatic carbocycles. The third-order valence-corrected chi connectivity index (χ3v) is 4.16. The number of hydrogen-bond donors (Lipinski definition) is 3. The summed E-state index contributed by atoms with van der Waals surface area (Å²) < 4.78 is 5.16. The molecule has 1 heterocycles. The van der Waals surface area contributed by atoms with Crippen molar-refractivity contribution in [2.45, 2.75) is 18.6 Å². The van der Waals surface area contributed by atoms with Gasteiger partial charge in [0.25, 0.3) is 5.91 Å². The Bertz CT molecular complexity index is 458. The lowest BCUT2D eigenvalue weighted by atomic mass is 10.2. The highest BCUT2D eigenvalue weighted by Gasteiger charge is 2.16. The van der Waals surface area contributed by atoms with E-state index in [9.17, 15) is 4.79 Å². The first-order chi connectivity index (χ1) is 9.98. The first-order valence-corrected chi connectivity index (χ1v) is 8.02. The van der Waals surface area contributed by atoms with E-state index in [0.717, 1.165) is 12.5 Å². The fraction of sp³-hybridized carbons (Fsp3) is 0.571. The van der Waals surface area contributed by atoms with Gasteiger partial charge in [-0.3, -0.25) is 9.79 Å². The number of nitrogens with zero attached hydrogens (tertiary/aromatic N) is 1. The minimum Gasteiger partial charge on any atom is -0.459 e. The van der Waals surface area contributed by atoms with Crippen LogP contribution >= 0.6 is 11.8 Å². The fourth-order valence-electron chi connectivity index (χ4n) is 1.44. The number of furan rings is 1. The Balaban J connectivity index is 2.22. The standard InChI is InChI=1S/C14H24N4O2S/c1-14(2,21-4)10-18-13(15-3)17-8-7-16-12(19)11-6-5-9-20-11/h5-6,9H,7-8,10H2,1-4H3,(H,16,19)(H2,15,17,18). The minimum atomic E-state index is -0.215. The van der Waals surface area contributed by atoms with E-state index in [0.29, 0.717) is 18.8 Å². The van der Waals surface area contributed by atoms with Crippen LogP contribution in [0.1, 0.15) is 24.4 Å². The maximum atomic E-state index is 11.6. The second-order valence-electron chi connectivity index (χ2n) is 5.05. The van der Waals surface area contributed by atoms with E-state index in [-0.39, 0.29) is 10.7 Å². The number of thioether (sulfide) groups is 1. The van der Waals surface area contributed by atoms with Crippen LogP contribution < -0.4 is 16.0 Å². The lowest BCUT2D eigenvalue weighted by molar-refractivity contribution is 0.0926. The van der Waals surface area contributed by atoms with Crippen LogP contribution in [0.3, 0.4) is 0 Å². The molecule has 1 rings (SSSR count). The zero-order valence-electron chi connectivity index (χ0n) is 13.0. The van der Waals surface area contributed by atoms with Crippen LogP contribution in [0.2, 0.25) is 0 Å². The van der Waals surface area contributed by atoms with E-state index in [1.807, 2.05) is 0 Å². The van der Waals surface area contributed by atoms with Gasteiger partial charge in [-0.15, -0.1) is 0 Å². The molecule has 0 aliphatic rings. The quantitative estimate of drug-likeness (QED) is 0.402. The van der Waals surface area contributed by atoms with Gasteiger partial charge in [-0.25, -0.2) is 0 Å². The average Bonchev–Trinajstić information content (AvgIpc) is 3.00. The number of hydrogen-bond acceptors (Lipinski definition) is 4. The first kappa shape index (κ1) is 17.4. The van der Waals surface area contributed by atoms with E-state index >= 15 is 0 Å². The van der Waals surface area contributed by atoms with Crippen molar-refractivity contribution in [2.75, 3.05) is 32.9 Å². The van der Waals surface area contributed by atoms with Gasteiger partial charge in [0.1, 0.15) is 0 Å². The molecule has 1 aromatic rings. The molecule has 118 valence electrons. The first-order valence-electron chi connectivity index (χ1n) is 6.80. The van der Waals surface area contributed by atoms with E-state index in [1.54, 1.807) is 30.9 Å². The summed E-state index contributed by atoms with van der Waals surface area (Å²) in [6.07, 6.45) is 3.56. The van der Waals surface area contributed by atoms with Gasteiger partial charge in [0.05, 0.1) is 6.26 Å². The van der Waals surface area contributed by atoms with Crippen molar-refractivity contribution in [3.8, 4) is 0 Å². The lowest BCUT2D eigenvalue weighted by Gasteiger charge is -2.23. The molecule has 0 atom stereocenters. The highest BCUT2D eigenvalue weighted by molar-refractivity contribution is 7.99. The van der Waals surface area contributed by atoms with Gasteiger partial charge in [0.2, 0.25) is 0 Å². The molecule has 3 N–H and O–H groups in total. The van der Waals surface area contributed by atoms with Crippen LogP contribution in [-0.4, -0.2) is 49.6 Å². The maximum Gasteiger partial charge on any atom is 0.287 e. The molecule has 0 fully saturated rings. The van der Waals surface area contributed by atoms with Gasteiger partial charge in [0, 0.05) is 31.4 Å². The van der Waals surface area contributed by atoms with Crippen molar-refractivity contribution in [2.24, 2.45) is 4.99 Å². The Morgan fingerprint density at radius 1 is 1.33 bits per heavy atom. The van der Waals surface area contributed by atoms with Crippen LogP contribution in [-0.2, 0) is 0 Å². The van der Waals surface area contributed by atoms with Crippen molar-refractivity contribution >= 4 is 23.6 Å². The predicted octanol–water partition coefficient (Wildman–Crippen LogP) is 1.32. The molecule has 1 aromatic heterocycles. The van der Waals surface area contributed by atoms with Crippen molar-refractivity contribution in [3.05, 3.63) is 24.2 Å². The summed E-state index contributed by atoms with van der Waals surface area (Å²) >= 11 is 1.80. The molecular weight excluding hydrogens is 288 g/mol. The predicted molar refractivity (Wildman–Crippen MR) is 88.0 cm³/mol. The molecule has 6 nitrogen and oxygen atoms in total. The summed E-state index contributed by atoms with van der Waals surface area (Å²) in [5.41, 5.74) is 0. The number of carbonyl (C=O) groups excluding carboxylic acids is 1. The number of nitrogens with one attached hydrogen (secondary N) is 3. The van der Waals surface area contributed by atoms with Crippen molar-refractivity contribution in [1.82, 2.24) is 16.0 Å². The van der Waals surface area contributed by atoms with Crippen LogP contribution in [0.25, 0.3) is 0 Å². The maximum absolute atomic E-state index is 11.6. The minimum absolute atomic E-state index is 0.144. The molecule has 1 amide bonds. The summed E-state index contributed by atoms with van der Waals surface area (Å²) in [6, 6.07) is 3.32. The number of amides is 1. The number of guanidine groups is 1. The third-order valence-electron chi connectivity index (χ3n) is 2.91. The lowest BCUT2D eigenvalue weighted by Crippen LogP contribution is -2.45. The van der Waals surface area contributed by atoms with E-state index in [2.05, 4.69) is 41.0 Å². The van der Waals surface area contributed by atoms with Gasteiger partial charge < -0.3 is 20.4 Å². The summed E-state index contributed by atoms with van der Waals surface area (Å²) in [5.74, 6) is 0.830. The van der Waals surface area contributed by atoms with E-state index in [4.69, 9.17) is 4.42 Å². The highest BCUT2D eigenvalue weighted by atomic mass is 32.2. The monoisotopic (exact) mass is 312 g/mol. The summed E-state index contributed by atoms with van der Waals surface area (Å²) in [6.45, 7) is 6.23. The number of aliphatic imine (C=N–C) groups is 1. The Kier molecular flexibility index (Phi) is 7.14. The van der Waals surface area contributed by atoms with Crippen molar-refractivity contribution in [1.29, 1.82) is 0 Å². The third kappa shape index (κ3) is 6.57. The topological polar surface area (TPSA) is 78.7 Å². The van der Waals surface area contributed by atoms with Gasteiger partial charge in [-0.05, 0) is 32.2 Å². The molecule has 0 unspecified atom stereocenters. The Morgan fingerprint density at radius 2 is 2.05 bits per heavy atom. The molecule has 0 spiro atoms. The normalized spacial score (nSPS) is 12.1. The molecule has 0 aliphatic heterocycles. The van der Waals surface area contributed by atoms with Crippen molar-refractivity contribution < 1.29 is 9.21 Å². The molecule has 0 saturated heterocycles. The molecule has 21 heavy (non-hydrogen) atoms. The molecular formula is C14H24N4O2S. The molecule has 0 saturated carbocycles. The van der Waals surface area contributed by atoms with Crippen LogP contribution in [0.4, 0.5) is 0 Å². The van der Waals surface area contributed by atoms with Crippen molar-refractivity contribution in [3.63, 3.8) is 0 Å². The smallest absolute Gasteiger partial charge is 0.287 e. The summed E-state index contributed by atoms with van der Waals surface area (Å²) in [7, 11) is 1.73. The van der Waals surface area contributed by atoms with E-state index in [1.165, 1.54) is 6.26 Å². The Morgan fingerprint density at radius 3 is 2.62 bits per heavy atom. The van der Waals surface area contributed by atoms with E-state index < -0.39 is 0 Å². The second-order valence-corrected chi connectivity index (χ2v) is 6.56. The van der Waals surface area contributed by atoms with Gasteiger partial charge in [0.15, 0.2) is 11.7 Å². The molecule has 0 aliphatic carbocycles. The van der Waals surface area contributed by atoms with Crippen LogP contribution in [0, 0.1) is 0 Å².